The molecule has 1 aromatic heterocycles. The molecule has 0 saturated carbocycles. The fourth-order valence-corrected chi connectivity index (χ4v) is 1.18. The highest BCUT2D eigenvalue weighted by Gasteiger charge is 2.33. The lowest BCUT2D eigenvalue weighted by Crippen LogP contribution is -2.18. The topological polar surface area (TPSA) is 45.9 Å². The van der Waals surface area contributed by atoms with Crippen molar-refractivity contribution in [3.63, 3.8) is 0 Å². The van der Waals surface area contributed by atoms with E-state index in [2.05, 4.69) is 9.72 Å². The van der Waals surface area contributed by atoms with Crippen LogP contribution in [0.15, 0.2) is 6.07 Å². The maximum atomic E-state index is 12.4. The number of aromatic nitrogens is 1. The third kappa shape index (κ3) is 3.42. The van der Waals surface area contributed by atoms with Gasteiger partial charge in [0.05, 0.1) is 10.6 Å². The zero-order chi connectivity index (χ0) is 13.2. The summed E-state index contributed by atoms with van der Waals surface area (Å²) in [7, 11) is 0. The van der Waals surface area contributed by atoms with Crippen molar-refractivity contribution in [1.82, 2.24) is 4.98 Å². The van der Waals surface area contributed by atoms with Crippen LogP contribution in [-0.4, -0.2) is 11.3 Å². The molecule has 1 aromatic rings. The van der Waals surface area contributed by atoms with Crippen molar-refractivity contribution in [2.24, 2.45) is 0 Å². The number of hydrogen-bond donors (Lipinski definition) is 0. The number of alkyl halides is 5. The number of nitrogens with zero attached hydrogens (tertiary/aromatic N) is 2. The molecule has 9 heteroatoms. The largest absolute Gasteiger partial charge is 0.574 e. The maximum Gasteiger partial charge on any atom is 0.574 e. The van der Waals surface area contributed by atoms with Crippen molar-refractivity contribution in [2.45, 2.75) is 12.8 Å². The van der Waals surface area contributed by atoms with Gasteiger partial charge in [0.1, 0.15) is 11.8 Å². The van der Waals surface area contributed by atoms with E-state index in [1.807, 2.05) is 0 Å². The van der Waals surface area contributed by atoms with E-state index in [9.17, 15) is 22.0 Å². The first-order chi connectivity index (χ1) is 7.74. The molecule has 0 fully saturated rings. The first kappa shape index (κ1) is 13.4. The summed E-state index contributed by atoms with van der Waals surface area (Å²) in [6.07, 6.45) is -8.32. The van der Waals surface area contributed by atoms with Gasteiger partial charge in [-0.3, -0.25) is 0 Å². The van der Waals surface area contributed by atoms with Crippen LogP contribution in [0.4, 0.5) is 22.0 Å². The SMILES string of the molecule is N#Cc1c(Cl)cc(OC(F)(F)F)nc1C(F)F. The number of hydrogen-bond acceptors (Lipinski definition) is 3. The second kappa shape index (κ2) is 4.71. The van der Waals surface area contributed by atoms with E-state index in [0.29, 0.717) is 6.07 Å². The average molecular weight is 273 g/mol. The number of nitriles is 1. The van der Waals surface area contributed by atoms with E-state index in [4.69, 9.17) is 16.9 Å². The predicted molar refractivity (Wildman–Crippen MR) is 45.6 cm³/mol. The predicted octanol–water partition coefficient (Wildman–Crippen LogP) is 3.44. The van der Waals surface area contributed by atoms with E-state index >= 15 is 0 Å². The molecule has 0 aliphatic carbocycles. The third-order valence-electron chi connectivity index (χ3n) is 1.51. The number of pyridine rings is 1. The molecule has 1 heterocycles. The van der Waals surface area contributed by atoms with Crippen molar-refractivity contribution in [1.29, 1.82) is 5.26 Å². The molecule has 0 aliphatic heterocycles. The van der Waals surface area contributed by atoms with Gasteiger partial charge < -0.3 is 4.74 Å². The lowest BCUT2D eigenvalue weighted by molar-refractivity contribution is -0.276. The summed E-state index contributed by atoms with van der Waals surface area (Å²) in [5, 5.41) is 7.91. The van der Waals surface area contributed by atoms with Crippen LogP contribution in [0.5, 0.6) is 5.88 Å². The number of halogens is 6. The van der Waals surface area contributed by atoms with Gasteiger partial charge in [0.15, 0.2) is 0 Å². The van der Waals surface area contributed by atoms with Crippen molar-refractivity contribution >= 4 is 11.6 Å². The first-order valence-electron chi connectivity index (χ1n) is 3.89. The highest BCUT2D eigenvalue weighted by molar-refractivity contribution is 6.31. The van der Waals surface area contributed by atoms with Gasteiger partial charge in [-0.1, -0.05) is 11.6 Å². The Hall–Kier alpha value is -1.62. The molecule has 0 bridgehead atoms. The molecule has 1 rings (SSSR count). The van der Waals surface area contributed by atoms with Gasteiger partial charge >= 0.3 is 6.36 Å². The first-order valence-corrected chi connectivity index (χ1v) is 4.27. The molecular weight excluding hydrogens is 271 g/mol. The fourth-order valence-electron chi connectivity index (χ4n) is 0.949. The molecule has 0 radical (unpaired) electrons. The second-order valence-corrected chi connectivity index (χ2v) is 3.07. The molecule has 0 amide bonds. The Bertz CT molecular complexity index is 468. The van der Waals surface area contributed by atoms with Gasteiger partial charge in [0, 0.05) is 6.07 Å². The zero-order valence-corrected chi connectivity index (χ0v) is 8.48. The van der Waals surface area contributed by atoms with Gasteiger partial charge in [-0.15, -0.1) is 13.2 Å². The molecule has 0 unspecified atom stereocenters. The van der Waals surface area contributed by atoms with E-state index in [1.54, 1.807) is 0 Å². The van der Waals surface area contributed by atoms with Crippen molar-refractivity contribution in [3.8, 4) is 11.9 Å². The van der Waals surface area contributed by atoms with E-state index in [-0.39, 0.29) is 0 Å². The summed E-state index contributed by atoms with van der Waals surface area (Å²) in [5.41, 5.74) is -1.84. The smallest absolute Gasteiger partial charge is 0.388 e. The lowest BCUT2D eigenvalue weighted by atomic mass is 10.2. The lowest BCUT2D eigenvalue weighted by Gasteiger charge is -2.10. The monoisotopic (exact) mass is 272 g/mol. The summed E-state index contributed by atoms with van der Waals surface area (Å²) in [5.74, 6) is -1.14. The Balaban J connectivity index is 3.26. The van der Waals surface area contributed by atoms with Crippen LogP contribution in [0.25, 0.3) is 0 Å². The van der Waals surface area contributed by atoms with Crippen LogP contribution in [0, 0.1) is 11.3 Å². The van der Waals surface area contributed by atoms with Crippen molar-refractivity contribution < 1.29 is 26.7 Å². The Kier molecular flexibility index (Phi) is 3.72. The molecular formula is C8H2ClF5N2O. The average Bonchev–Trinajstić information content (AvgIpc) is 2.13. The van der Waals surface area contributed by atoms with Gasteiger partial charge in [0.25, 0.3) is 6.43 Å². The molecule has 0 atom stereocenters. The molecule has 0 spiro atoms. The van der Waals surface area contributed by atoms with Crippen LogP contribution < -0.4 is 4.74 Å². The van der Waals surface area contributed by atoms with Crippen LogP contribution in [0.2, 0.25) is 5.02 Å². The maximum absolute atomic E-state index is 12.4. The second-order valence-electron chi connectivity index (χ2n) is 2.66. The minimum atomic E-state index is -5.08. The van der Waals surface area contributed by atoms with E-state index in [1.165, 1.54) is 6.07 Å². The Morgan fingerprint density at radius 2 is 2.00 bits per heavy atom. The minimum Gasteiger partial charge on any atom is -0.388 e. The standard InChI is InChI=1S/C8H2ClF5N2O/c9-4-1-5(17-8(12,13)14)16-6(7(10)11)3(4)2-15/h1,7H. The molecule has 3 nitrogen and oxygen atoms in total. The van der Waals surface area contributed by atoms with Gasteiger partial charge in [-0.05, 0) is 0 Å². The number of rotatable bonds is 2. The van der Waals surface area contributed by atoms with Crippen molar-refractivity contribution in [3.05, 3.63) is 22.3 Å². The molecule has 17 heavy (non-hydrogen) atoms. The Labute approximate surface area is 96.4 Å². The molecule has 92 valence electrons. The third-order valence-corrected chi connectivity index (χ3v) is 1.81. The molecule has 0 aliphatic rings. The fraction of sp³-hybridized carbons (Fsp3) is 0.250. The van der Waals surface area contributed by atoms with Gasteiger partial charge in [0.2, 0.25) is 5.88 Å². The highest BCUT2D eigenvalue weighted by Crippen LogP contribution is 2.31. The summed E-state index contributed by atoms with van der Waals surface area (Å²) < 4.78 is 63.6. The summed E-state index contributed by atoms with van der Waals surface area (Å²) in [4.78, 5) is 2.89. The minimum absolute atomic E-state index is 0.541. The van der Waals surface area contributed by atoms with E-state index < -0.39 is 34.9 Å². The number of ether oxygens (including phenoxy) is 1. The normalized spacial score (nSPS) is 11.4. The quantitative estimate of drug-likeness (QED) is 0.775. The van der Waals surface area contributed by atoms with Crippen LogP contribution in [-0.2, 0) is 0 Å². The Morgan fingerprint density at radius 3 is 2.41 bits per heavy atom. The molecule has 0 N–H and O–H groups in total. The van der Waals surface area contributed by atoms with Crippen molar-refractivity contribution in [2.75, 3.05) is 0 Å². The molecule has 0 saturated heterocycles. The highest BCUT2D eigenvalue weighted by atomic mass is 35.5. The summed E-state index contributed by atoms with van der Waals surface area (Å²) >= 11 is 5.36. The molecule has 0 aromatic carbocycles. The Morgan fingerprint density at radius 1 is 1.41 bits per heavy atom. The zero-order valence-electron chi connectivity index (χ0n) is 7.73. The van der Waals surface area contributed by atoms with Crippen LogP contribution in [0.3, 0.4) is 0 Å². The van der Waals surface area contributed by atoms with Crippen LogP contribution >= 0.6 is 11.6 Å². The summed E-state index contributed by atoms with van der Waals surface area (Å²) in [6, 6.07) is 1.87. The van der Waals surface area contributed by atoms with Gasteiger partial charge in [-0.2, -0.15) is 5.26 Å². The van der Waals surface area contributed by atoms with Gasteiger partial charge in [-0.25, -0.2) is 13.8 Å². The van der Waals surface area contributed by atoms with Crippen LogP contribution in [0.1, 0.15) is 17.7 Å². The summed E-state index contributed by atoms with van der Waals surface area (Å²) in [6.45, 7) is 0. The van der Waals surface area contributed by atoms with E-state index in [0.717, 1.165) is 0 Å².